The van der Waals surface area contributed by atoms with Gasteiger partial charge >= 0.3 is 0 Å². The molecule has 56 heavy (non-hydrogen) atoms. The van der Waals surface area contributed by atoms with Crippen molar-refractivity contribution >= 4 is 103 Å². The molecule has 1 aliphatic heterocycles. The van der Waals surface area contributed by atoms with E-state index in [9.17, 15) is 9.59 Å². The van der Waals surface area contributed by atoms with Crippen molar-refractivity contribution in [1.82, 2.24) is 20.4 Å². The van der Waals surface area contributed by atoms with Crippen LogP contribution in [0.1, 0.15) is 85.2 Å². The SMILES string of the molecule is Cc1cc(I)ccc1Nc1ccc(Cl)cc1C(=O)NCCCN1CCCCC1.Cc1cc(I)ccc1Nc1ccc(Cl)cc1C(=O)NCCN(C(C)C)C(C)C. The van der Waals surface area contributed by atoms with Gasteiger partial charge in [-0.05, 0) is 210 Å². The molecule has 0 atom stereocenters. The number of likely N-dealkylation sites (tertiary alicyclic amines) is 1. The van der Waals surface area contributed by atoms with E-state index in [1.54, 1.807) is 24.3 Å². The predicted octanol–water partition coefficient (Wildman–Crippen LogP) is 11.4. The quantitative estimate of drug-likeness (QED) is 0.0701. The Kier molecular flexibility index (Phi) is 19.0. The summed E-state index contributed by atoms with van der Waals surface area (Å²) in [5, 5.41) is 14.0. The van der Waals surface area contributed by atoms with Crippen LogP contribution >= 0.6 is 68.4 Å². The Bertz CT molecular complexity index is 1910. The van der Waals surface area contributed by atoms with E-state index in [4.69, 9.17) is 23.2 Å². The first-order valence-electron chi connectivity index (χ1n) is 19.4. The molecule has 302 valence electrons. The van der Waals surface area contributed by atoms with Crippen LogP contribution in [0.25, 0.3) is 0 Å². The number of piperidine rings is 1. The minimum Gasteiger partial charge on any atom is -0.355 e. The van der Waals surface area contributed by atoms with Crippen molar-refractivity contribution in [2.75, 3.05) is 49.9 Å². The van der Waals surface area contributed by atoms with E-state index in [0.717, 1.165) is 53.4 Å². The number of nitrogens with zero attached hydrogens (tertiary/aromatic N) is 2. The first-order chi connectivity index (χ1) is 26.7. The molecule has 5 rings (SSSR count). The van der Waals surface area contributed by atoms with Crippen molar-refractivity contribution in [3.63, 3.8) is 0 Å². The molecule has 8 nitrogen and oxygen atoms in total. The molecule has 0 unspecified atom stereocenters. The van der Waals surface area contributed by atoms with Crippen molar-refractivity contribution in [2.24, 2.45) is 0 Å². The molecule has 0 aliphatic carbocycles. The minimum atomic E-state index is -0.124. The number of carbonyl (C=O) groups is 2. The summed E-state index contributed by atoms with van der Waals surface area (Å²) in [6.45, 7) is 18.3. The molecule has 12 heteroatoms. The maximum Gasteiger partial charge on any atom is 0.253 e. The number of nitrogens with one attached hydrogen (secondary N) is 4. The van der Waals surface area contributed by atoms with Gasteiger partial charge < -0.3 is 26.2 Å². The van der Waals surface area contributed by atoms with Crippen molar-refractivity contribution in [1.29, 1.82) is 0 Å². The van der Waals surface area contributed by atoms with Crippen LogP contribution in [0.3, 0.4) is 0 Å². The number of hydrogen-bond acceptors (Lipinski definition) is 6. The Hall–Kier alpha value is -2.62. The molecule has 0 saturated carbocycles. The molecule has 1 aliphatic rings. The number of hydrogen-bond donors (Lipinski definition) is 4. The third-order valence-electron chi connectivity index (χ3n) is 9.74. The number of aryl methyl sites for hydroxylation is 2. The zero-order valence-corrected chi connectivity index (χ0v) is 39.2. The van der Waals surface area contributed by atoms with E-state index in [1.165, 1.54) is 39.5 Å². The minimum absolute atomic E-state index is 0.0909. The Labute approximate surface area is 371 Å². The molecule has 4 aromatic rings. The largest absolute Gasteiger partial charge is 0.355 e. The van der Waals surface area contributed by atoms with E-state index in [0.29, 0.717) is 46.3 Å². The van der Waals surface area contributed by atoms with Gasteiger partial charge in [0.15, 0.2) is 0 Å². The van der Waals surface area contributed by atoms with Gasteiger partial charge in [0, 0.05) is 60.3 Å². The van der Waals surface area contributed by atoms with Crippen LogP contribution < -0.4 is 21.3 Å². The lowest BCUT2D eigenvalue weighted by Gasteiger charge is -2.30. The highest BCUT2D eigenvalue weighted by atomic mass is 127. The number of amides is 2. The van der Waals surface area contributed by atoms with Crippen molar-refractivity contribution in [3.05, 3.63) is 112 Å². The molecule has 4 N–H and O–H groups in total. The van der Waals surface area contributed by atoms with Crippen LogP contribution in [0, 0.1) is 21.0 Å². The van der Waals surface area contributed by atoms with Crippen LogP contribution in [-0.4, -0.2) is 73.0 Å². The van der Waals surface area contributed by atoms with Crippen molar-refractivity contribution < 1.29 is 9.59 Å². The smallest absolute Gasteiger partial charge is 0.253 e. The predicted molar refractivity (Wildman–Crippen MR) is 254 cm³/mol. The first-order valence-corrected chi connectivity index (χ1v) is 22.3. The van der Waals surface area contributed by atoms with E-state index in [1.807, 2.05) is 43.3 Å². The molecule has 1 saturated heterocycles. The Morgan fingerprint density at radius 3 is 1.55 bits per heavy atom. The van der Waals surface area contributed by atoms with Gasteiger partial charge in [0.2, 0.25) is 0 Å². The van der Waals surface area contributed by atoms with Crippen LogP contribution in [0.5, 0.6) is 0 Å². The van der Waals surface area contributed by atoms with E-state index >= 15 is 0 Å². The molecule has 2 amide bonds. The molecule has 0 bridgehead atoms. The summed E-state index contributed by atoms with van der Waals surface area (Å²) in [5.41, 5.74) is 6.85. The molecule has 0 spiro atoms. The third-order valence-corrected chi connectivity index (χ3v) is 11.5. The number of halogens is 4. The molecule has 1 fully saturated rings. The van der Waals surface area contributed by atoms with Crippen molar-refractivity contribution in [2.45, 2.75) is 79.3 Å². The second kappa shape index (κ2) is 23.1. The lowest BCUT2D eigenvalue weighted by atomic mass is 10.1. The fourth-order valence-corrected chi connectivity index (χ4v) is 8.38. The average Bonchev–Trinajstić information content (AvgIpc) is 3.15. The van der Waals surface area contributed by atoms with E-state index < -0.39 is 0 Å². The fraction of sp³-hybridized carbons (Fsp3) is 0.409. The number of carbonyl (C=O) groups excluding carboxylic acids is 2. The maximum absolute atomic E-state index is 12.8. The normalized spacial score (nSPS) is 13.0. The van der Waals surface area contributed by atoms with Crippen LogP contribution in [0.2, 0.25) is 10.0 Å². The lowest BCUT2D eigenvalue weighted by Crippen LogP contribution is -2.42. The highest BCUT2D eigenvalue weighted by Gasteiger charge is 2.17. The monoisotopic (exact) mass is 1020 g/mol. The summed E-state index contributed by atoms with van der Waals surface area (Å²) in [6.07, 6.45) is 4.90. The molecular formula is C44H56Cl2I2N6O2. The summed E-state index contributed by atoms with van der Waals surface area (Å²) in [7, 11) is 0. The molecular weight excluding hydrogens is 969 g/mol. The summed E-state index contributed by atoms with van der Waals surface area (Å²) in [6, 6.07) is 24.0. The zero-order chi connectivity index (χ0) is 40.8. The summed E-state index contributed by atoms with van der Waals surface area (Å²) in [5.74, 6) is -0.215. The second-order valence-corrected chi connectivity index (χ2v) is 18.1. The fourth-order valence-electron chi connectivity index (χ4n) is 6.74. The Morgan fingerprint density at radius 2 is 1.11 bits per heavy atom. The first kappa shape index (κ1) is 46.1. The van der Waals surface area contributed by atoms with Gasteiger partial charge in [-0.25, -0.2) is 0 Å². The van der Waals surface area contributed by atoms with Gasteiger partial charge in [-0.2, -0.15) is 0 Å². The van der Waals surface area contributed by atoms with Crippen LogP contribution in [0.4, 0.5) is 22.7 Å². The average molecular weight is 1030 g/mol. The van der Waals surface area contributed by atoms with Gasteiger partial charge in [-0.15, -0.1) is 0 Å². The van der Waals surface area contributed by atoms with Crippen LogP contribution in [0.15, 0.2) is 72.8 Å². The van der Waals surface area contributed by atoms with E-state index in [-0.39, 0.29) is 11.8 Å². The lowest BCUT2D eigenvalue weighted by molar-refractivity contribution is 0.0936. The standard InChI is InChI=1S/C22H27ClIN3O.C22H29ClIN3O/c1-16-14-18(24)7-9-20(16)26-21-8-6-17(23)15-19(21)22(28)25-10-5-13-27-11-3-2-4-12-27;1-14(2)27(15(3)4)11-10-25-22(28)19-13-17(23)6-8-21(19)26-20-9-7-18(24)12-16(20)5/h6-9,14-15,26H,2-5,10-13H2,1H3,(H,25,28);6-9,12-15,26H,10-11H2,1-5H3,(H,25,28). The summed E-state index contributed by atoms with van der Waals surface area (Å²) >= 11 is 16.9. The summed E-state index contributed by atoms with van der Waals surface area (Å²) in [4.78, 5) is 30.5. The van der Waals surface area contributed by atoms with Gasteiger partial charge in [0.1, 0.15) is 0 Å². The maximum atomic E-state index is 12.8. The second-order valence-electron chi connectivity index (χ2n) is 14.7. The van der Waals surface area contributed by atoms with Gasteiger partial charge in [0.25, 0.3) is 11.8 Å². The molecule has 0 radical (unpaired) electrons. The summed E-state index contributed by atoms with van der Waals surface area (Å²) < 4.78 is 2.36. The van der Waals surface area contributed by atoms with Gasteiger partial charge in [-0.1, -0.05) is 29.6 Å². The number of anilines is 4. The highest BCUT2D eigenvalue weighted by Crippen LogP contribution is 2.29. The van der Waals surface area contributed by atoms with E-state index in [2.05, 4.69) is 123 Å². The Balaban J connectivity index is 0.000000249. The highest BCUT2D eigenvalue weighted by molar-refractivity contribution is 14.1. The number of benzene rings is 4. The third kappa shape index (κ3) is 14.6. The van der Waals surface area contributed by atoms with Crippen molar-refractivity contribution in [3.8, 4) is 0 Å². The van der Waals surface area contributed by atoms with Gasteiger partial charge in [-0.3, -0.25) is 14.5 Å². The Morgan fingerprint density at radius 1 is 0.661 bits per heavy atom. The topological polar surface area (TPSA) is 88.7 Å². The zero-order valence-electron chi connectivity index (χ0n) is 33.4. The van der Waals surface area contributed by atoms with Gasteiger partial charge in [0.05, 0.1) is 22.5 Å². The molecule has 1 heterocycles. The van der Waals surface area contributed by atoms with Crippen LogP contribution in [-0.2, 0) is 0 Å². The molecule has 4 aromatic carbocycles. The molecule has 0 aromatic heterocycles. The number of rotatable bonds is 15.